The maximum Gasteiger partial charge on any atom is 0.408 e. The van der Waals surface area contributed by atoms with Crippen molar-refractivity contribution in [2.45, 2.75) is 84.3 Å². The van der Waals surface area contributed by atoms with Gasteiger partial charge in [-0.25, -0.2) is 9.59 Å². The highest BCUT2D eigenvalue weighted by Gasteiger charge is 2.41. The first-order valence-electron chi connectivity index (χ1n) is 7.86. The maximum atomic E-state index is 12.0. The maximum absolute atomic E-state index is 12.0. The van der Waals surface area contributed by atoms with E-state index in [0.717, 1.165) is 0 Å². The molecule has 1 N–H and O–H groups in total. The second-order valence-electron chi connectivity index (χ2n) is 8.23. The first-order valence-corrected chi connectivity index (χ1v) is 10.8. The van der Waals surface area contributed by atoms with Gasteiger partial charge in [0.05, 0.1) is 13.2 Å². The minimum Gasteiger partial charge on any atom is -0.467 e. The van der Waals surface area contributed by atoms with Crippen LogP contribution in [0.15, 0.2) is 0 Å². The third kappa shape index (κ3) is 7.35. The topological polar surface area (TPSA) is 73.9 Å². The van der Waals surface area contributed by atoms with Crippen molar-refractivity contribution in [2.24, 2.45) is 0 Å². The predicted octanol–water partition coefficient (Wildman–Crippen LogP) is 3.46. The zero-order valence-electron chi connectivity index (χ0n) is 16.2. The van der Waals surface area contributed by atoms with Gasteiger partial charge in [-0.1, -0.05) is 20.8 Å². The standard InChI is InChI=1S/C16H33NO5Si/c1-11(22-23(9,10)16(5,6)7)12(13(18)20-8)17-14(19)21-15(2,3)4/h11-12H,1-10H3,(H,17,19)/t11?,12-/m1/s1. The van der Waals surface area contributed by atoms with E-state index in [1.807, 2.05) is 0 Å². The molecule has 0 saturated heterocycles. The highest BCUT2D eigenvalue weighted by Crippen LogP contribution is 2.37. The van der Waals surface area contributed by atoms with Gasteiger partial charge < -0.3 is 19.2 Å². The van der Waals surface area contributed by atoms with Crippen molar-refractivity contribution < 1.29 is 23.5 Å². The predicted molar refractivity (Wildman–Crippen MR) is 92.9 cm³/mol. The lowest BCUT2D eigenvalue weighted by atomic mass is 10.2. The molecule has 0 aliphatic rings. The van der Waals surface area contributed by atoms with Crippen LogP contribution in [0.1, 0.15) is 48.5 Å². The van der Waals surface area contributed by atoms with Crippen LogP contribution in [0.3, 0.4) is 0 Å². The van der Waals surface area contributed by atoms with Gasteiger partial charge in [0.2, 0.25) is 0 Å². The van der Waals surface area contributed by atoms with E-state index in [0.29, 0.717) is 0 Å². The number of alkyl carbamates (subject to hydrolysis) is 1. The van der Waals surface area contributed by atoms with Crippen molar-refractivity contribution in [3.8, 4) is 0 Å². The highest BCUT2D eigenvalue weighted by molar-refractivity contribution is 6.74. The minimum absolute atomic E-state index is 0.00610. The number of hydrogen-bond acceptors (Lipinski definition) is 5. The molecule has 1 unspecified atom stereocenters. The molecule has 0 aromatic rings. The summed E-state index contributed by atoms with van der Waals surface area (Å²) >= 11 is 0. The summed E-state index contributed by atoms with van der Waals surface area (Å²) < 4.78 is 16.2. The molecule has 0 aliphatic carbocycles. The van der Waals surface area contributed by atoms with Crippen LogP contribution >= 0.6 is 0 Å². The van der Waals surface area contributed by atoms with Gasteiger partial charge in [0, 0.05) is 0 Å². The van der Waals surface area contributed by atoms with E-state index < -0.39 is 38.1 Å². The van der Waals surface area contributed by atoms with Crippen molar-refractivity contribution in [2.75, 3.05) is 7.11 Å². The fraction of sp³-hybridized carbons (Fsp3) is 0.875. The zero-order chi connectivity index (χ0) is 18.6. The van der Waals surface area contributed by atoms with E-state index in [-0.39, 0.29) is 5.04 Å². The smallest absolute Gasteiger partial charge is 0.408 e. The molecule has 136 valence electrons. The lowest BCUT2D eigenvalue weighted by Crippen LogP contribution is -2.54. The van der Waals surface area contributed by atoms with Crippen LogP contribution in [-0.4, -0.2) is 45.2 Å². The minimum atomic E-state index is -2.09. The summed E-state index contributed by atoms with van der Waals surface area (Å²) in [4.78, 5) is 24.0. The van der Waals surface area contributed by atoms with Crippen LogP contribution < -0.4 is 5.32 Å². The molecule has 0 fully saturated rings. The molecule has 0 spiro atoms. The van der Waals surface area contributed by atoms with Gasteiger partial charge in [-0.3, -0.25) is 0 Å². The van der Waals surface area contributed by atoms with E-state index in [2.05, 4.69) is 39.2 Å². The van der Waals surface area contributed by atoms with Crippen LogP contribution in [0.5, 0.6) is 0 Å². The molecular weight excluding hydrogens is 314 g/mol. The first kappa shape index (κ1) is 21.9. The van der Waals surface area contributed by atoms with Gasteiger partial charge in [-0.15, -0.1) is 0 Å². The third-order valence-corrected chi connectivity index (χ3v) is 8.46. The van der Waals surface area contributed by atoms with Crippen LogP contribution in [0.4, 0.5) is 4.79 Å². The second-order valence-corrected chi connectivity index (χ2v) is 13.0. The lowest BCUT2D eigenvalue weighted by Gasteiger charge is -2.39. The van der Waals surface area contributed by atoms with Crippen LogP contribution in [0.25, 0.3) is 0 Å². The fourth-order valence-corrected chi connectivity index (χ4v) is 3.06. The van der Waals surface area contributed by atoms with Gasteiger partial charge >= 0.3 is 12.1 Å². The van der Waals surface area contributed by atoms with Crippen molar-refractivity contribution in [1.29, 1.82) is 0 Å². The fourth-order valence-electron chi connectivity index (χ4n) is 1.64. The Kier molecular flexibility index (Phi) is 7.30. The normalized spacial score (nSPS) is 15.6. The van der Waals surface area contributed by atoms with Gasteiger partial charge in [0.15, 0.2) is 14.4 Å². The SMILES string of the molecule is COC(=O)[C@H](NC(=O)OC(C)(C)C)C(C)O[Si](C)(C)C(C)(C)C. The molecule has 0 aliphatic heterocycles. The van der Waals surface area contributed by atoms with Crippen molar-refractivity contribution >= 4 is 20.4 Å². The molecule has 7 heteroatoms. The molecule has 23 heavy (non-hydrogen) atoms. The number of hydrogen-bond donors (Lipinski definition) is 1. The summed E-state index contributed by atoms with van der Waals surface area (Å²) in [5, 5.41) is 2.55. The Morgan fingerprint density at radius 1 is 1.04 bits per heavy atom. The van der Waals surface area contributed by atoms with Gasteiger partial charge in [0.1, 0.15) is 5.60 Å². The van der Waals surface area contributed by atoms with Crippen LogP contribution in [0, 0.1) is 0 Å². The van der Waals surface area contributed by atoms with Crippen molar-refractivity contribution in [3.05, 3.63) is 0 Å². The molecule has 0 aromatic heterocycles. The highest BCUT2D eigenvalue weighted by atomic mass is 28.4. The zero-order valence-corrected chi connectivity index (χ0v) is 17.2. The number of amides is 1. The molecule has 0 rings (SSSR count). The quantitative estimate of drug-likeness (QED) is 0.609. The number of methoxy groups -OCH3 is 1. The molecule has 1 amide bonds. The molecule has 0 radical (unpaired) electrons. The Bertz CT molecular complexity index is 423. The number of carbonyl (C=O) groups excluding carboxylic acids is 2. The largest absolute Gasteiger partial charge is 0.467 e. The van der Waals surface area contributed by atoms with E-state index >= 15 is 0 Å². The van der Waals surface area contributed by atoms with Crippen LogP contribution in [-0.2, 0) is 18.7 Å². The summed E-state index contributed by atoms with van der Waals surface area (Å²) in [6, 6.07) is -0.913. The Morgan fingerprint density at radius 2 is 1.52 bits per heavy atom. The number of esters is 1. The number of carbonyl (C=O) groups is 2. The third-order valence-electron chi connectivity index (χ3n) is 3.88. The average molecular weight is 348 g/mol. The number of rotatable bonds is 5. The Morgan fingerprint density at radius 3 is 1.87 bits per heavy atom. The Hall–Kier alpha value is -1.08. The molecule has 2 atom stereocenters. The molecule has 0 bridgehead atoms. The van der Waals surface area contributed by atoms with E-state index in [1.165, 1.54) is 7.11 Å². The molecule has 0 heterocycles. The van der Waals surface area contributed by atoms with Crippen molar-refractivity contribution in [3.63, 3.8) is 0 Å². The monoisotopic (exact) mass is 347 g/mol. The summed E-state index contributed by atoms with van der Waals surface area (Å²) in [6.07, 6.45) is -1.19. The summed E-state index contributed by atoms with van der Waals surface area (Å²) in [5.74, 6) is -0.554. The van der Waals surface area contributed by atoms with Crippen LogP contribution in [0.2, 0.25) is 18.1 Å². The second kappa shape index (κ2) is 7.66. The molecule has 0 saturated carbocycles. The van der Waals surface area contributed by atoms with Gasteiger partial charge in [-0.2, -0.15) is 0 Å². The van der Waals surface area contributed by atoms with Crippen molar-refractivity contribution in [1.82, 2.24) is 5.32 Å². The molecular formula is C16H33NO5Si. The summed E-state index contributed by atoms with van der Waals surface area (Å²) in [6.45, 7) is 17.6. The van der Waals surface area contributed by atoms with Gasteiger partial charge in [-0.05, 0) is 45.8 Å². The van der Waals surface area contributed by atoms with E-state index in [4.69, 9.17) is 13.9 Å². The van der Waals surface area contributed by atoms with E-state index in [1.54, 1.807) is 27.7 Å². The van der Waals surface area contributed by atoms with E-state index in [9.17, 15) is 9.59 Å². The Labute approximate surface area is 141 Å². The molecule has 6 nitrogen and oxygen atoms in total. The Balaban J connectivity index is 5.12. The molecule has 0 aromatic carbocycles. The summed E-state index contributed by atoms with van der Waals surface area (Å²) in [7, 11) is -0.804. The van der Waals surface area contributed by atoms with Gasteiger partial charge in [0.25, 0.3) is 0 Å². The average Bonchev–Trinajstić information content (AvgIpc) is 2.30. The first-order chi connectivity index (χ1) is 10.1. The number of ether oxygens (including phenoxy) is 2. The summed E-state index contributed by atoms with van der Waals surface area (Å²) in [5.41, 5.74) is -0.645. The lowest BCUT2D eigenvalue weighted by molar-refractivity contribution is -0.145. The number of nitrogens with one attached hydrogen (secondary N) is 1.